The third-order valence-electron chi connectivity index (χ3n) is 4.69. The van der Waals surface area contributed by atoms with Gasteiger partial charge in [-0.05, 0) is 31.9 Å². The molecule has 0 bridgehead atoms. The number of carbonyl (C=O) groups excluding carboxylic acids is 1. The Labute approximate surface area is 153 Å². The quantitative estimate of drug-likeness (QED) is 0.837. The Morgan fingerprint density at radius 2 is 2.12 bits per heavy atom. The van der Waals surface area contributed by atoms with E-state index < -0.39 is 0 Å². The molecule has 2 aromatic heterocycles. The predicted molar refractivity (Wildman–Crippen MR) is 94.3 cm³/mol. The Hall–Kier alpha value is -2.75. The molecule has 0 radical (unpaired) electrons. The number of nitriles is 1. The molecule has 0 saturated carbocycles. The Balaban J connectivity index is 1.92. The van der Waals surface area contributed by atoms with Gasteiger partial charge in [0.15, 0.2) is 5.82 Å². The molecule has 1 aliphatic rings. The van der Waals surface area contributed by atoms with Gasteiger partial charge in [-0.2, -0.15) is 10.2 Å². The van der Waals surface area contributed by atoms with E-state index in [0.29, 0.717) is 35.2 Å². The Morgan fingerprint density at radius 1 is 1.31 bits per heavy atom. The van der Waals surface area contributed by atoms with Crippen LogP contribution in [0.25, 0.3) is 0 Å². The summed E-state index contributed by atoms with van der Waals surface area (Å²) >= 11 is 0. The maximum atomic E-state index is 13.1. The molecule has 0 aromatic carbocycles. The molecule has 2 aromatic rings. The van der Waals surface area contributed by atoms with Gasteiger partial charge >= 0.3 is 0 Å². The molecule has 1 saturated heterocycles. The first-order valence-electron chi connectivity index (χ1n) is 9.03. The average molecular weight is 353 g/mol. The summed E-state index contributed by atoms with van der Waals surface area (Å²) in [6.07, 6.45) is 3.82. The summed E-state index contributed by atoms with van der Waals surface area (Å²) in [5, 5.41) is 13.2. The second kappa shape index (κ2) is 7.65. The van der Waals surface area contributed by atoms with Gasteiger partial charge in [0.05, 0.1) is 17.3 Å². The lowest BCUT2D eigenvalue weighted by atomic mass is 10.1. The first-order valence-corrected chi connectivity index (χ1v) is 9.03. The second-order valence-corrected chi connectivity index (χ2v) is 6.95. The number of rotatable bonds is 3. The van der Waals surface area contributed by atoms with Crippen LogP contribution in [0.3, 0.4) is 0 Å². The van der Waals surface area contributed by atoms with Crippen molar-refractivity contribution in [3.8, 4) is 6.07 Å². The van der Waals surface area contributed by atoms with Crippen LogP contribution in [0.5, 0.6) is 0 Å². The summed E-state index contributed by atoms with van der Waals surface area (Å²) in [5.41, 5.74) is 1.39. The molecule has 7 heteroatoms. The van der Waals surface area contributed by atoms with Crippen molar-refractivity contribution < 1.29 is 9.32 Å². The van der Waals surface area contributed by atoms with Crippen LogP contribution in [0.4, 0.5) is 0 Å². The van der Waals surface area contributed by atoms with Crippen LogP contribution in [-0.4, -0.2) is 32.5 Å². The molecule has 1 aliphatic heterocycles. The zero-order valence-electron chi connectivity index (χ0n) is 15.4. The normalized spacial score (nSPS) is 17.8. The molecule has 3 heterocycles. The zero-order valence-corrected chi connectivity index (χ0v) is 15.4. The van der Waals surface area contributed by atoms with Gasteiger partial charge in [-0.3, -0.25) is 4.79 Å². The number of hydrogen-bond acceptors (Lipinski definition) is 6. The van der Waals surface area contributed by atoms with E-state index in [4.69, 9.17) is 9.78 Å². The lowest BCUT2D eigenvalue weighted by molar-refractivity contribution is 0.0664. The van der Waals surface area contributed by atoms with Crippen molar-refractivity contribution in [1.29, 1.82) is 5.26 Å². The molecular formula is C19H23N5O2. The maximum Gasteiger partial charge on any atom is 0.273 e. The number of aryl methyl sites for hydroxylation is 1. The van der Waals surface area contributed by atoms with Crippen molar-refractivity contribution in [2.45, 2.75) is 58.4 Å². The molecule has 26 heavy (non-hydrogen) atoms. The minimum absolute atomic E-state index is 0.147. The van der Waals surface area contributed by atoms with E-state index in [1.54, 1.807) is 24.0 Å². The van der Waals surface area contributed by atoms with Crippen molar-refractivity contribution in [2.75, 3.05) is 6.54 Å². The second-order valence-electron chi connectivity index (χ2n) is 6.95. The maximum absolute atomic E-state index is 13.1. The summed E-state index contributed by atoms with van der Waals surface area (Å²) in [7, 11) is 0. The number of likely N-dealkylation sites (tertiary alicyclic amines) is 1. The van der Waals surface area contributed by atoms with Gasteiger partial charge in [-0.25, -0.2) is 4.98 Å². The SMILES string of the molecule is Cc1nc(C(=O)N2CCCCC[C@@H]2c2noc(C(C)C)n2)ccc1C#N. The van der Waals surface area contributed by atoms with Gasteiger partial charge in [0.25, 0.3) is 5.91 Å². The van der Waals surface area contributed by atoms with Crippen LogP contribution in [0.1, 0.15) is 85.0 Å². The van der Waals surface area contributed by atoms with Gasteiger partial charge < -0.3 is 9.42 Å². The fraction of sp³-hybridized carbons (Fsp3) is 0.526. The smallest absolute Gasteiger partial charge is 0.273 e. The van der Waals surface area contributed by atoms with Gasteiger partial charge in [-0.15, -0.1) is 0 Å². The fourth-order valence-corrected chi connectivity index (χ4v) is 3.18. The van der Waals surface area contributed by atoms with Crippen molar-refractivity contribution >= 4 is 5.91 Å². The summed E-state index contributed by atoms with van der Waals surface area (Å²) < 4.78 is 5.35. The topological polar surface area (TPSA) is 95.9 Å². The highest BCUT2D eigenvalue weighted by atomic mass is 16.5. The molecule has 136 valence electrons. The number of hydrogen-bond donors (Lipinski definition) is 0. The molecule has 0 unspecified atom stereocenters. The summed E-state index contributed by atoms with van der Waals surface area (Å²) in [5.74, 6) is 1.15. The predicted octanol–water partition coefficient (Wildman–Crippen LogP) is 3.53. The number of aromatic nitrogens is 3. The summed E-state index contributed by atoms with van der Waals surface area (Å²) in [6, 6.07) is 5.13. The molecule has 3 rings (SSSR count). The van der Waals surface area contributed by atoms with Gasteiger partial charge in [0, 0.05) is 12.5 Å². The van der Waals surface area contributed by atoms with Gasteiger partial charge in [0.1, 0.15) is 11.8 Å². The molecule has 0 spiro atoms. The van der Waals surface area contributed by atoms with Crippen molar-refractivity contribution in [3.63, 3.8) is 0 Å². The molecule has 1 atom stereocenters. The lowest BCUT2D eigenvalue weighted by Crippen LogP contribution is -2.36. The summed E-state index contributed by atoms with van der Waals surface area (Å²) in [6.45, 7) is 6.37. The summed E-state index contributed by atoms with van der Waals surface area (Å²) in [4.78, 5) is 23.8. The highest BCUT2D eigenvalue weighted by Gasteiger charge is 2.32. The lowest BCUT2D eigenvalue weighted by Gasteiger charge is -2.27. The molecule has 0 N–H and O–H groups in total. The Morgan fingerprint density at radius 3 is 2.77 bits per heavy atom. The standard InChI is InChI=1S/C19H23N5O2/c1-12(2)18-22-17(23-26-18)16-7-5-4-6-10-24(16)19(25)15-9-8-14(11-20)13(3)21-15/h8-9,12,16H,4-7,10H2,1-3H3/t16-/m1/s1. The first-order chi connectivity index (χ1) is 12.5. The molecular weight excluding hydrogens is 330 g/mol. The Kier molecular flexibility index (Phi) is 5.31. The molecule has 1 fully saturated rings. The van der Waals surface area contributed by atoms with Crippen LogP contribution >= 0.6 is 0 Å². The van der Waals surface area contributed by atoms with E-state index in [9.17, 15) is 4.79 Å². The van der Waals surface area contributed by atoms with E-state index in [-0.39, 0.29) is 17.9 Å². The minimum atomic E-state index is -0.209. The van der Waals surface area contributed by atoms with E-state index in [0.717, 1.165) is 25.7 Å². The molecule has 0 aliphatic carbocycles. The largest absolute Gasteiger partial charge is 0.339 e. The monoisotopic (exact) mass is 353 g/mol. The van der Waals surface area contributed by atoms with Crippen molar-refractivity contribution in [2.24, 2.45) is 0 Å². The zero-order chi connectivity index (χ0) is 18.7. The first kappa shape index (κ1) is 18.1. The van der Waals surface area contributed by atoms with Crippen LogP contribution in [0.2, 0.25) is 0 Å². The van der Waals surface area contributed by atoms with Crippen LogP contribution < -0.4 is 0 Å². The van der Waals surface area contributed by atoms with Crippen molar-refractivity contribution in [3.05, 3.63) is 40.8 Å². The number of amides is 1. The van der Waals surface area contributed by atoms with Gasteiger partial charge in [-0.1, -0.05) is 31.8 Å². The molecule has 7 nitrogen and oxygen atoms in total. The minimum Gasteiger partial charge on any atom is -0.339 e. The highest BCUT2D eigenvalue weighted by Crippen LogP contribution is 2.30. The van der Waals surface area contributed by atoms with Crippen LogP contribution in [0.15, 0.2) is 16.7 Å². The van der Waals surface area contributed by atoms with E-state index >= 15 is 0 Å². The Bertz CT molecular complexity index is 837. The number of carbonyl (C=O) groups is 1. The average Bonchev–Trinajstić information content (AvgIpc) is 3.00. The third-order valence-corrected chi connectivity index (χ3v) is 4.69. The van der Waals surface area contributed by atoms with E-state index in [1.165, 1.54) is 0 Å². The van der Waals surface area contributed by atoms with Crippen LogP contribution in [0, 0.1) is 18.3 Å². The van der Waals surface area contributed by atoms with Crippen molar-refractivity contribution in [1.82, 2.24) is 20.0 Å². The van der Waals surface area contributed by atoms with Crippen LogP contribution in [-0.2, 0) is 0 Å². The third kappa shape index (κ3) is 3.59. The molecule has 1 amide bonds. The highest BCUT2D eigenvalue weighted by molar-refractivity contribution is 5.92. The van der Waals surface area contributed by atoms with E-state index in [2.05, 4.69) is 21.2 Å². The van der Waals surface area contributed by atoms with E-state index in [1.807, 2.05) is 13.8 Å². The number of nitrogens with zero attached hydrogens (tertiary/aromatic N) is 5. The number of pyridine rings is 1. The van der Waals surface area contributed by atoms with Gasteiger partial charge in [0.2, 0.25) is 5.89 Å². The fourth-order valence-electron chi connectivity index (χ4n) is 3.18.